The van der Waals surface area contributed by atoms with Crippen LogP contribution < -0.4 is 16.0 Å². The molecule has 0 aromatic heterocycles. The van der Waals surface area contributed by atoms with E-state index < -0.39 is 0 Å². The molecule has 0 saturated heterocycles. The molecule has 0 aliphatic carbocycles. The van der Waals surface area contributed by atoms with Gasteiger partial charge in [-0.05, 0) is 35.0 Å². The van der Waals surface area contributed by atoms with Crippen LogP contribution >= 0.6 is 15.9 Å². The molecular weight excluding hydrogens is 248 g/mol. The average molecular weight is 259 g/mol. The van der Waals surface area contributed by atoms with Crippen molar-refractivity contribution in [2.45, 2.75) is 6.92 Å². The van der Waals surface area contributed by atoms with Gasteiger partial charge in [-0.15, -0.1) is 0 Å². The molecule has 0 aliphatic rings. The van der Waals surface area contributed by atoms with Crippen LogP contribution in [0.2, 0.25) is 0 Å². The largest absolute Gasteiger partial charge is 0.496 e. The molecule has 0 atom stereocenters. The zero-order valence-corrected chi connectivity index (χ0v) is 9.51. The van der Waals surface area contributed by atoms with Gasteiger partial charge in [0.2, 0.25) is 0 Å². The number of carbonyl (C=O) groups is 1. The number of nitrogen functional groups attached to an aromatic ring is 1. The Morgan fingerprint density at radius 3 is 2.71 bits per heavy atom. The van der Waals surface area contributed by atoms with Gasteiger partial charge in [-0.1, -0.05) is 0 Å². The number of nitrogens with two attached hydrogens (primary N) is 1. The molecule has 3 N–H and O–H groups in total. The number of benzene rings is 1. The monoisotopic (exact) mass is 258 g/mol. The maximum absolute atomic E-state index is 11.4. The first-order chi connectivity index (χ1) is 6.61. The molecule has 1 aromatic rings. The Balaban J connectivity index is 3.32. The number of methoxy groups -OCH3 is 1. The number of hydrogen-bond acceptors (Lipinski definition) is 3. The van der Waals surface area contributed by atoms with Crippen molar-refractivity contribution in [1.29, 1.82) is 0 Å². The first kappa shape index (κ1) is 11.0. The SMILES string of the molecule is COc1ccc(Br)c(C(=O)NN)c1C. The summed E-state index contributed by atoms with van der Waals surface area (Å²) >= 11 is 3.28. The maximum atomic E-state index is 11.4. The third-order valence-electron chi connectivity index (χ3n) is 1.94. The molecule has 5 heteroatoms. The van der Waals surface area contributed by atoms with Gasteiger partial charge in [0.15, 0.2) is 0 Å². The van der Waals surface area contributed by atoms with E-state index in [4.69, 9.17) is 10.6 Å². The Hall–Kier alpha value is -1.07. The summed E-state index contributed by atoms with van der Waals surface area (Å²) < 4.78 is 5.79. The van der Waals surface area contributed by atoms with E-state index in [2.05, 4.69) is 21.4 Å². The van der Waals surface area contributed by atoms with Gasteiger partial charge < -0.3 is 4.74 Å². The van der Waals surface area contributed by atoms with Gasteiger partial charge in [0.05, 0.1) is 12.7 Å². The lowest BCUT2D eigenvalue weighted by Crippen LogP contribution is -2.31. The van der Waals surface area contributed by atoms with Gasteiger partial charge in [-0.3, -0.25) is 10.2 Å². The summed E-state index contributed by atoms with van der Waals surface area (Å²) in [6, 6.07) is 3.53. The second kappa shape index (κ2) is 4.43. The maximum Gasteiger partial charge on any atom is 0.266 e. The molecule has 76 valence electrons. The zero-order chi connectivity index (χ0) is 10.7. The van der Waals surface area contributed by atoms with Crippen molar-refractivity contribution in [3.63, 3.8) is 0 Å². The number of halogens is 1. The zero-order valence-electron chi connectivity index (χ0n) is 7.93. The first-order valence-electron chi connectivity index (χ1n) is 3.95. The second-order valence-corrected chi connectivity index (χ2v) is 3.58. The highest BCUT2D eigenvalue weighted by atomic mass is 79.9. The van der Waals surface area contributed by atoms with Gasteiger partial charge in [0.25, 0.3) is 5.91 Å². The van der Waals surface area contributed by atoms with E-state index in [0.29, 0.717) is 15.8 Å². The molecule has 0 radical (unpaired) electrons. The summed E-state index contributed by atoms with van der Waals surface area (Å²) in [5.74, 6) is 5.39. The molecule has 0 heterocycles. The van der Waals surface area contributed by atoms with Crippen molar-refractivity contribution in [2.75, 3.05) is 7.11 Å². The minimum absolute atomic E-state index is 0.340. The number of rotatable bonds is 2. The van der Waals surface area contributed by atoms with Crippen LogP contribution in [-0.2, 0) is 0 Å². The van der Waals surface area contributed by atoms with Gasteiger partial charge in [-0.25, -0.2) is 5.84 Å². The van der Waals surface area contributed by atoms with Crippen molar-refractivity contribution in [2.24, 2.45) is 5.84 Å². The number of amides is 1. The van der Waals surface area contributed by atoms with Gasteiger partial charge >= 0.3 is 0 Å². The molecule has 0 bridgehead atoms. The van der Waals surface area contributed by atoms with Crippen LogP contribution in [0, 0.1) is 6.92 Å². The van der Waals surface area contributed by atoms with E-state index in [1.807, 2.05) is 0 Å². The average Bonchev–Trinajstić information content (AvgIpc) is 2.18. The van der Waals surface area contributed by atoms with Crippen LogP contribution in [0.25, 0.3) is 0 Å². The number of ether oxygens (including phenoxy) is 1. The summed E-state index contributed by atoms with van der Waals surface area (Å²) in [6.45, 7) is 1.80. The molecule has 1 amide bonds. The number of nitrogens with one attached hydrogen (secondary N) is 1. The Labute approximate surface area is 90.5 Å². The topological polar surface area (TPSA) is 64.3 Å². The van der Waals surface area contributed by atoms with Crippen LogP contribution in [0.4, 0.5) is 0 Å². The standard InChI is InChI=1S/C9H11BrN2O2/c1-5-7(14-2)4-3-6(10)8(5)9(13)12-11/h3-4H,11H2,1-2H3,(H,12,13). The molecule has 1 rings (SSSR count). The minimum Gasteiger partial charge on any atom is -0.496 e. The molecule has 0 spiro atoms. The summed E-state index contributed by atoms with van der Waals surface area (Å²) in [4.78, 5) is 11.4. The summed E-state index contributed by atoms with van der Waals surface area (Å²) in [6.07, 6.45) is 0. The molecular formula is C9H11BrN2O2. The summed E-state index contributed by atoms with van der Waals surface area (Å²) in [5.41, 5.74) is 3.34. The van der Waals surface area contributed by atoms with Gasteiger partial charge in [0.1, 0.15) is 5.75 Å². The van der Waals surface area contributed by atoms with Crippen LogP contribution in [0.3, 0.4) is 0 Å². The summed E-state index contributed by atoms with van der Waals surface area (Å²) in [7, 11) is 1.56. The summed E-state index contributed by atoms with van der Waals surface area (Å²) in [5, 5.41) is 0. The molecule has 4 nitrogen and oxygen atoms in total. The third-order valence-corrected chi connectivity index (χ3v) is 2.60. The van der Waals surface area contributed by atoms with E-state index in [0.717, 1.165) is 5.56 Å². The molecule has 1 aromatic carbocycles. The predicted molar refractivity (Wildman–Crippen MR) is 57.1 cm³/mol. The Bertz CT molecular complexity index is 366. The highest BCUT2D eigenvalue weighted by molar-refractivity contribution is 9.10. The smallest absolute Gasteiger partial charge is 0.266 e. The number of hydrogen-bond donors (Lipinski definition) is 2. The van der Waals surface area contributed by atoms with Gasteiger partial charge in [0, 0.05) is 10.0 Å². The highest BCUT2D eigenvalue weighted by Gasteiger charge is 2.14. The van der Waals surface area contributed by atoms with Crippen molar-refractivity contribution in [3.05, 3.63) is 27.7 Å². The molecule has 0 saturated carbocycles. The number of carbonyl (C=O) groups excluding carboxylic acids is 1. The Morgan fingerprint density at radius 1 is 1.57 bits per heavy atom. The lowest BCUT2D eigenvalue weighted by Gasteiger charge is -2.10. The van der Waals surface area contributed by atoms with Crippen LogP contribution in [0.15, 0.2) is 16.6 Å². The fourth-order valence-electron chi connectivity index (χ4n) is 1.23. The molecule has 0 aliphatic heterocycles. The van der Waals surface area contributed by atoms with E-state index >= 15 is 0 Å². The number of hydrazine groups is 1. The van der Waals surface area contributed by atoms with Crippen LogP contribution in [0.5, 0.6) is 5.75 Å². The molecule has 0 fully saturated rings. The fraction of sp³-hybridized carbons (Fsp3) is 0.222. The quantitative estimate of drug-likeness (QED) is 0.479. The van der Waals surface area contributed by atoms with Gasteiger partial charge in [-0.2, -0.15) is 0 Å². The van der Waals surface area contributed by atoms with Crippen LogP contribution in [-0.4, -0.2) is 13.0 Å². The first-order valence-corrected chi connectivity index (χ1v) is 4.75. The van der Waals surface area contributed by atoms with Crippen LogP contribution in [0.1, 0.15) is 15.9 Å². The van der Waals surface area contributed by atoms with Crippen molar-refractivity contribution < 1.29 is 9.53 Å². The fourth-order valence-corrected chi connectivity index (χ4v) is 1.84. The van der Waals surface area contributed by atoms with E-state index in [1.165, 1.54) is 0 Å². The van der Waals surface area contributed by atoms with E-state index in [1.54, 1.807) is 26.2 Å². The highest BCUT2D eigenvalue weighted by Crippen LogP contribution is 2.27. The minimum atomic E-state index is -0.340. The second-order valence-electron chi connectivity index (χ2n) is 2.72. The van der Waals surface area contributed by atoms with Crippen molar-refractivity contribution >= 4 is 21.8 Å². The Kier molecular flexibility index (Phi) is 3.49. The predicted octanol–water partition coefficient (Wildman–Crippen LogP) is 1.37. The van der Waals surface area contributed by atoms with E-state index in [-0.39, 0.29) is 5.91 Å². The Morgan fingerprint density at radius 2 is 2.21 bits per heavy atom. The van der Waals surface area contributed by atoms with Crippen molar-refractivity contribution in [1.82, 2.24) is 5.43 Å². The normalized spacial score (nSPS) is 9.71. The third kappa shape index (κ3) is 1.88. The lowest BCUT2D eigenvalue weighted by molar-refractivity contribution is 0.0952. The van der Waals surface area contributed by atoms with Crippen molar-refractivity contribution in [3.8, 4) is 5.75 Å². The van der Waals surface area contributed by atoms with E-state index in [9.17, 15) is 4.79 Å². The lowest BCUT2D eigenvalue weighted by atomic mass is 10.1. The molecule has 14 heavy (non-hydrogen) atoms. The molecule has 0 unspecified atom stereocenters.